The van der Waals surface area contributed by atoms with Crippen molar-refractivity contribution in [2.24, 2.45) is 0 Å². The Morgan fingerprint density at radius 1 is 0.321 bits per heavy atom. The Balaban J connectivity index is 1.09. The molecule has 5 heteroatoms. The molecule has 11 aromatic rings. The molecule has 0 spiro atoms. The molecule has 0 radical (unpaired) electrons. The molecular weight excluding hydrogens is 703 g/mol. The molecule has 8 aromatic carbocycles. The summed E-state index contributed by atoms with van der Waals surface area (Å²) in [4.78, 5) is 15.2. The van der Waals surface area contributed by atoms with Gasteiger partial charge in [-0.15, -0.1) is 11.3 Å². The molecule has 262 valence electrons. The molecule has 0 saturated carbocycles. The van der Waals surface area contributed by atoms with Crippen molar-refractivity contribution < 1.29 is 4.42 Å². The molecule has 0 aliphatic carbocycles. The van der Waals surface area contributed by atoms with Gasteiger partial charge < -0.3 is 4.42 Å². The van der Waals surface area contributed by atoms with Gasteiger partial charge in [-0.25, -0.2) is 15.0 Å². The molecule has 56 heavy (non-hydrogen) atoms. The maximum atomic E-state index is 7.01. The topological polar surface area (TPSA) is 51.8 Å². The van der Waals surface area contributed by atoms with Crippen molar-refractivity contribution in [3.8, 4) is 67.5 Å². The number of fused-ring (bicyclic) bond motifs is 6. The first-order valence-electron chi connectivity index (χ1n) is 18.7. The molecule has 0 unspecified atom stereocenters. The second kappa shape index (κ2) is 13.3. The minimum absolute atomic E-state index is 0.562. The SMILES string of the molecule is c1ccc(-c2ccc(-c3nc(-c4ccccc4)nc(-c4cccc5c4oc4c(-c6cccc7sc8ccc(-c9ccccc9)cc8c67)cccc45)n3)cc2)cc1. The van der Waals surface area contributed by atoms with E-state index in [1.54, 1.807) is 0 Å². The summed E-state index contributed by atoms with van der Waals surface area (Å²) in [5.74, 6) is 1.78. The average molecular weight is 734 g/mol. The van der Waals surface area contributed by atoms with E-state index >= 15 is 0 Å². The Morgan fingerprint density at radius 3 is 1.48 bits per heavy atom. The number of nitrogens with zero attached hydrogens (tertiary/aromatic N) is 3. The van der Waals surface area contributed by atoms with Crippen LogP contribution in [0.4, 0.5) is 0 Å². The van der Waals surface area contributed by atoms with Gasteiger partial charge in [0, 0.05) is 47.6 Å². The summed E-state index contributed by atoms with van der Waals surface area (Å²) in [5.41, 5.74) is 11.2. The Hall–Kier alpha value is -7.21. The lowest BCUT2D eigenvalue weighted by atomic mass is 9.96. The maximum absolute atomic E-state index is 7.01. The zero-order valence-electron chi connectivity index (χ0n) is 30.1. The highest BCUT2D eigenvalue weighted by Gasteiger charge is 2.21. The first-order valence-corrected chi connectivity index (χ1v) is 19.5. The van der Waals surface area contributed by atoms with E-state index in [1.165, 1.54) is 31.3 Å². The van der Waals surface area contributed by atoms with Crippen molar-refractivity contribution in [3.63, 3.8) is 0 Å². The smallest absolute Gasteiger partial charge is 0.167 e. The fourth-order valence-corrected chi connectivity index (χ4v) is 8.97. The van der Waals surface area contributed by atoms with Gasteiger partial charge >= 0.3 is 0 Å². The van der Waals surface area contributed by atoms with Crippen LogP contribution in [0.5, 0.6) is 0 Å². The van der Waals surface area contributed by atoms with Crippen LogP contribution in [0, 0.1) is 0 Å². The van der Waals surface area contributed by atoms with Crippen LogP contribution < -0.4 is 0 Å². The zero-order valence-corrected chi connectivity index (χ0v) is 30.9. The molecule has 0 aliphatic heterocycles. The molecule has 3 aromatic heterocycles. The van der Waals surface area contributed by atoms with Crippen LogP contribution in [0.3, 0.4) is 0 Å². The van der Waals surface area contributed by atoms with Gasteiger partial charge in [0.15, 0.2) is 17.5 Å². The van der Waals surface area contributed by atoms with E-state index in [4.69, 9.17) is 19.4 Å². The molecule has 0 N–H and O–H groups in total. The molecule has 0 aliphatic rings. The van der Waals surface area contributed by atoms with Gasteiger partial charge in [0.05, 0.1) is 5.56 Å². The van der Waals surface area contributed by atoms with Crippen LogP contribution in [-0.4, -0.2) is 15.0 Å². The number of thiophene rings is 1. The fourth-order valence-electron chi connectivity index (χ4n) is 7.85. The van der Waals surface area contributed by atoms with Gasteiger partial charge in [0.2, 0.25) is 0 Å². The van der Waals surface area contributed by atoms with E-state index in [2.05, 4.69) is 152 Å². The van der Waals surface area contributed by atoms with E-state index < -0.39 is 0 Å². The molecule has 0 fully saturated rings. The minimum Gasteiger partial charge on any atom is -0.455 e. The molecular formula is C51H31N3OS. The van der Waals surface area contributed by atoms with E-state index in [0.717, 1.165) is 60.9 Å². The van der Waals surface area contributed by atoms with Gasteiger partial charge in [-0.1, -0.05) is 164 Å². The summed E-state index contributed by atoms with van der Waals surface area (Å²) in [5, 5.41) is 4.56. The van der Waals surface area contributed by atoms with Crippen LogP contribution in [-0.2, 0) is 0 Å². The highest BCUT2D eigenvalue weighted by molar-refractivity contribution is 7.26. The highest BCUT2D eigenvalue weighted by Crippen LogP contribution is 2.45. The molecule has 0 saturated heterocycles. The molecule has 3 heterocycles. The lowest BCUT2D eigenvalue weighted by molar-refractivity contribution is 0.670. The third kappa shape index (κ3) is 5.48. The molecule has 0 atom stereocenters. The quantitative estimate of drug-likeness (QED) is 0.171. The third-order valence-corrected chi connectivity index (χ3v) is 11.7. The standard InChI is InChI=1S/C51H31N3OS/c1-4-13-32(14-5-1)34-25-27-36(28-26-34)50-52-49(35-17-8-3-9-18-35)53-51(54-50)42-23-11-22-41-40-21-10-20-39(47(40)55-48(41)42)38-19-12-24-45-46(38)43-31-37(29-30-44(43)56-45)33-15-6-2-7-16-33/h1-31H. The first kappa shape index (κ1) is 32.2. The van der Waals surface area contributed by atoms with Crippen molar-refractivity contribution in [1.82, 2.24) is 15.0 Å². The highest BCUT2D eigenvalue weighted by atomic mass is 32.1. The normalized spacial score (nSPS) is 11.6. The maximum Gasteiger partial charge on any atom is 0.167 e. The summed E-state index contributed by atoms with van der Waals surface area (Å²) < 4.78 is 9.53. The number of hydrogen-bond acceptors (Lipinski definition) is 5. The number of rotatable bonds is 6. The molecule has 0 amide bonds. The van der Waals surface area contributed by atoms with Crippen molar-refractivity contribution in [2.75, 3.05) is 0 Å². The predicted molar refractivity (Wildman–Crippen MR) is 233 cm³/mol. The Kier molecular flexibility index (Phi) is 7.64. The number of aromatic nitrogens is 3. The van der Waals surface area contributed by atoms with Crippen LogP contribution in [0.1, 0.15) is 0 Å². The summed E-state index contributed by atoms with van der Waals surface area (Å²) in [6.07, 6.45) is 0. The van der Waals surface area contributed by atoms with Crippen LogP contribution in [0.25, 0.3) is 110 Å². The second-order valence-corrected chi connectivity index (χ2v) is 15.0. The van der Waals surface area contributed by atoms with E-state index in [0.29, 0.717) is 17.5 Å². The number of hydrogen-bond donors (Lipinski definition) is 0. The zero-order chi connectivity index (χ0) is 37.0. The summed E-state index contributed by atoms with van der Waals surface area (Å²) >= 11 is 1.83. The Labute approximate surface area is 327 Å². The molecule has 11 rings (SSSR count). The molecule has 0 bridgehead atoms. The summed E-state index contributed by atoms with van der Waals surface area (Å²) in [6, 6.07) is 65.6. The Bertz CT molecular complexity index is 3230. The van der Waals surface area contributed by atoms with Gasteiger partial charge in [0.1, 0.15) is 11.2 Å². The van der Waals surface area contributed by atoms with Gasteiger partial charge in [-0.05, 0) is 52.1 Å². The van der Waals surface area contributed by atoms with Crippen molar-refractivity contribution >= 4 is 53.4 Å². The van der Waals surface area contributed by atoms with Crippen LogP contribution in [0.2, 0.25) is 0 Å². The largest absolute Gasteiger partial charge is 0.455 e. The lowest BCUT2D eigenvalue weighted by Crippen LogP contribution is -2.00. The third-order valence-electron chi connectivity index (χ3n) is 10.6. The summed E-state index contributed by atoms with van der Waals surface area (Å²) in [7, 11) is 0. The van der Waals surface area contributed by atoms with Gasteiger partial charge in [0.25, 0.3) is 0 Å². The van der Waals surface area contributed by atoms with Crippen LogP contribution in [0.15, 0.2) is 192 Å². The lowest BCUT2D eigenvalue weighted by Gasteiger charge is -2.09. The average Bonchev–Trinajstić information content (AvgIpc) is 3.86. The predicted octanol–water partition coefficient (Wildman–Crippen LogP) is 14.1. The van der Waals surface area contributed by atoms with Gasteiger partial charge in [-0.3, -0.25) is 0 Å². The Morgan fingerprint density at radius 2 is 0.804 bits per heavy atom. The monoisotopic (exact) mass is 733 g/mol. The van der Waals surface area contributed by atoms with Crippen molar-refractivity contribution in [3.05, 3.63) is 188 Å². The first-order chi connectivity index (χ1) is 27.7. The minimum atomic E-state index is 0.562. The molecule has 4 nitrogen and oxygen atoms in total. The van der Waals surface area contributed by atoms with E-state index in [1.807, 2.05) is 47.7 Å². The number of para-hydroxylation sites is 2. The van der Waals surface area contributed by atoms with Crippen LogP contribution >= 0.6 is 11.3 Å². The van der Waals surface area contributed by atoms with E-state index in [-0.39, 0.29) is 0 Å². The number of furan rings is 1. The van der Waals surface area contributed by atoms with Crippen molar-refractivity contribution in [1.29, 1.82) is 0 Å². The fraction of sp³-hybridized carbons (Fsp3) is 0. The summed E-state index contributed by atoms with van der Waals surface area (Å²) in [6.45, 7) is 0. The number of benzene rings is 8. The van der Waals surface area contributed by atoms with Gasteiger partial charge in [-0.2, -0.15) is 0 Å². The second-order valence-electron chi connectivity index (χ2n) is 13.9. The van der Waals surface area contributed by atoms with Crippen molar-refractivity contribution in [2.45, 2.75) is 0 Å². The van der Waals surface area contributed by atoms with E-state index in [9.17, 15) is 0 Å².